The molecule has 8 nitrogen and oxygen atoms in total. The van der Waals surface area contributed by atoms with Crippen LogP contribution in [0.5, 0.6) is 5.88 Å². The molecule has 0 radical (unpaired) electrons. The standard InChI is InChI=1S/C20H13F2N7OS/c1-10-19(31-15(25-10)9-30-14-4-2-3-6-23-14)13-5-7-24-20(26-13)11-8-12(21)17-18(16(11)22)28-29-27-17/h2-8H,9H2,1H3,(H,27,28,29). The molecular weight excluding hydrogens is 424 g/mol. The van der Waals surface area contributed by atoms with Crippen molar-refractivity contribution in [3.8, 4) is 27.8 Å². The molecule has 0 unspecified atom stereocenters. The van der Waals surface area contributed by atoms with Crippen molar-refractivity contribution >= 4 is 22.4 Å². The number of nitrogens with zero attached hydrogens (tertiary/aromatic N) is 6. The Kier molecular flexibility index (Phi) is 4.79. The first kappa shape index (κ1) is 19.1. The van der Waals surface area contributed by atoms with Gasteiger partial charge in [-0.05, 0) is 25.1 Å². The molecule has 0 saturated heterocycles. The molecule has 0 fully saturated rings. The van der Waals surface area contributed by atoms with Crippen LogP contribution in [0.15, 0.2) is 42.7 Å². The highest BCUT2D eigenvalue weighted by atomic mass is 32.1. The molecule has 4 heterocycles. The summed E-state index contributed by atoms with van der Waals surface area (Å²) in [6.07, 6.45) is 3.14. The van der Waals surface area contributed by atoms with Crippen LogP contribution in [-0.2, 0) is 6.61 Å². The van der Waals surface area contributed by atoms with Crippen LogP contribution in [0.4, 0.5) is 8.78 Å². The summed E-state index contributed by atoms with van der Waals surface area (Å²) in [4.78, 5) is 18.0. The third kappa shape index (κ3) is 3.59. The normalized spacial score (nSPS) is 11.2. The number of aryl methyl sites for hydroxylation is 1. The fraction of sp³-hybridized carbons (Fsp3) is 0.100. The first-order chi connectivity index (χ1) is 15.1. The topological polar surface area (TPSA) is 102 Å². The fourth-order valence-electron chi connectivity index (χ4n) is 3.03. The van der Waals surface area contributed by atoms with Gasteiger partial charge in [0.2, 0.25) is 5.88 Å². The minimum absolute atomic E-state index is 0.0397. The number of hydrogen-bond acceptors (Lipinski definition) is 8. The average molecular weight is 437 g/mol. The molecule has 0 bridgehead atoms. The summed E-state index contributed by atoms with van der Waals surface area (Å²) < 4.78 is 34.8. The maximum absolute atomic E-state index is 14.8. The van der Waals surface area contributed by atoms with E-state index in [1.807, 2.05) is 13.0 Å². The molecule has 0 spiro atoms. The molecule has 5 aromatic rings. The molecule has 4 aromatic heterocycles. The summed E-state index contributed by atoms with van der Waals surface area (Å²) in [6, 6.07) is 8.11. The second kappa shape index (κ2) is 7.76. The van der Waals surface area contributed by atoms with E-state index >= 15 is 0 Å². The Morgan fingerprint density at radius 2 is 1.90 bits per heavy atom. The Labute approximate surface area is 178 Å². The minimum atomic E-state index is -0.743. The molecule has 11 heteroatoms. The van der Waals surface area contributed by atoms with Crippen LogP contribution in [0.2, 0.25) is 0 Å². The first-order valence-electron chi connectivity index (χ1n) is 9.12. The zero-order chi connectivity index (χ0) is 21.4. The predicted octanol–water partition coefficient (Wildman–Crippen LogP) is 4.10. The van der Waals surface area contributed by atoms with E-state index in [0.717, 1.165) is 21.6 Å². The smallest absolute Gasteiger partial charge is 0.213 e. The molecule has 1 N–H and O–H groups in total. The van der Waals surface area contributed by atoms with Crippen LogP contribution in [0, 0.1) is 18.6 Å². The van der Waals surface area contributed by atoms with Crippen molar-refractivity contribution < 1.29 is 13.5 Å². The summed E-state index contributed by atoms with van der Waals surface area (Å²) in [5.41, 5.74) is 0.818. The van der Waals surface area contributed by atoms with E-state index in [4.69, 9.17) is 4.74 Å². The van der Waals surface area contributed by atoms with Gasteiger partial charge < -0.3 is 4.74 Å². The van der Waals surface area contributed by atoms with Gasteiger partial charge in [0.15, 0.2) is 28.5 Å². The van der Waals surface area contributed by atoms with Gasteiger partial charge in [0.05, 0.1) is 21.8 Å². The van der Waals surface area contributed by atoms with Crippen LogP contribution < -0.4 is 4.74 Å². The molecule has 0 atom stereocenters. The van der Waals surface area contributed by atoms with Gasteiger partial charge in [0.25, 0.3) is 0 Å². The molecule has 154 valence electrons. The van der Waals surface area contributed by atoms with Gasteiger partial charge in [0, 0.05) is 18.5 Å². The van der Waals surface area contributed by atoms with Crippen molar-refractivity contribution in [3.63, 3.8) is 0 Å². The number of halogens is 2. The van der Waals surface area contributed by atoms with Crippen LogP contribution in [0.1, 0.15) is 10.7 Å². The number of aromatic amines is 1. The number of rotatable bonds is 5. The van der Waals surface area contributed by atoms with E-state index in [1.165, 1.54) is 17.5 Å². The predicted molar refractivity (Wildman–Crippen MR) is 109 cm³/mol. The molecule has 0 aliphatic heterocycles. The number of nitrogens with one attached hydrogen (secondary N) is 1. The fourth-order valence-corrected chi connectivity index (χ4v) is 3.98. The van der Waals surface area contributed by atoms with E-state index < -0.39 is 11.6 Å². The second-order valence-electron chi connectivity index (χ2n) is 6.49. The number of thiazole rings is 1. The number of benzene rings is 1. The number of ether oxygens (including phenoxy) is 1. The third-order valence-electron chi connectivity index (χ3n) is 4.44. The quantitative estimate of drug-likeness (QED) is 0.442. The molecule has 0 saturated carbocycles. The van der Waals surface area contributed by atoms with E-state index in [-0.39, 0.29) is 29.0 Å². The average Bonchev–Trinajstić information content (AvgIpc) is 3.43. The lowest BCUT2D eigenvalue weighted by molar-refractivity contribution is 0.293. The Hall–Kier alpha value is -3.86. The summed E-state index contributed by atoms with van der Waals surface area (Å²) >= 11 is 1.40. The van der Waals surface area contributed by atoms with Crippen LogP contribution in [0.25, 0.3) is 33.0 Å². The summed E-state index contributed by atoms with van der Waals surface area (Å²) in [5.74, 6) is -0.912. The van der Waals surface area contributed by atoms with Crippen molar-refractivity contribution in [2.24, 2.45) is 0 Å². The molecule has 0 amide bonds. The van der Waals surface area contributed by atoms with Crippen molar-refractivity contribution in [2.45, 2.75) is 13.5 Å². The van der Waals surface area contributed by atoms with E-state index in [1.54, 1.807) is 24.4 Å². The number of aromatic nitrogens is 7. The molecule has 31 heavy (non-hydrogen) atoms. The Morgan fingerprint density at radius 1 is 1.03 bits per heavy atom. The maximum Gasteiger partial charge on any atom is 0.213 e. The number of H-pyrrole nitrogens is 1. The van der Waals surface area contributed by atoms with Crippen LogP contribution in [0.3, 0.4) is 0 Å². The lowest BCUT2D eigenvalue weighted by Gasteiger charge is -2.05. The highest BCUT2D eigenvalue weighted by molar-refractivity contribution is 7.15. The Bertz CT molecular complexity index is 1390. The van der Waals surface area contributed by atoms with Gasteiger partial charge in [-0.1, -0.05) is 6.07 Å². The highest BCUT2D eigenvalue weighted by Gasteiger charge is 2.20. The third-order valence-corrected chi connectivity index (χ3v) is 5.59. The Morgan fingerprint density at radius 3 is 2.74 bits per heavy atom. The minimum Gasteiger partial charge on any atom is -0.470 e. The maximum atomic E-state index is 14.8. The summed E-state index contributed by atoms with van der Waals surface area (Å²) in [5, 5.41) is 10.3. The molecule has 5 rings (SSSR count). The molecule has 0 aliphatic carbocycles. The van der Waals surface area contributed by atoms with Gasteiger partial charge in [-0.2, -0.15) is 15.4 Å². The van der Waals surface area contributed by atoms with Gasteiger partial charge in [-0.25, -0.2) is 28.7 Å². The van der Waals surface area contributed by atoms with Crippen molar-refractivity contribution in [3.05, 3.63) is 65.1 Å². The van der Waals surface area contributed by atoms with Gasteiger partial charge >= 0.3 is 0 Å². The van der Waals surface area contributed by atoms with Gasteiger partial charge in [-0.3, -0.25) is 0 Å². The molecular formula is C20H13F2N7OS. The van der Waals surface area contributed by atoms with E-state index in [9.17, 15) is 8.78 Å². The number of fused-ring (bicyclic) bond motifs is 1. The Balaban J connectivity index is 1.47. The summed E-state index contributed by atoms with van der Waals surface area (Å²) in [7, 11) is 0. The van der Waals surface area contributed by atoms with Crippen molar-refractivity contribution in [1.82, 2.24) is 35.3 Å². The zero-order valence-corrected chi connectivity index (χ0v) is 16.8. The highest BCUT2D eigenvalue weighted by Crippen LogP contribution is 2.32. The first-order valence-corrected chi connectivity index (χ1v) is 9.94. The number of pyridine rings is 1. The van der Waals surface area contributed by atoms with Gasteiger partial charge in [0.1, 0.15) is 11.6 Å². The van der Waals surface area contributed by atoms with Crippen LogP contribution in [-0.4, -0.2) is 35.3 Å². The van der Waals surface area contributed by atoms with E-state index in [0.29, 0.717) is 11.6 Å². The zero-order valence-electron chi connectivity index (χ0n) is 16.0. The van der Waals surface area contributed by atoms with E-state index in [2.05, 4.69) is 35.3 Å². The largest absolute Gasteiger partial charge is 0.470 e. The summed E-state index contributed by atoms with van der Waals surface area (Å²) in [6.45, 7) is 2.10. The lowest BCUT2D eigenvalue weighted by Crippen LogP contribution is -1.96. The van der Waals surface area contributed by atoms with Gasteiger partial charge in [-0.15, -0.1) is 11.3 Å². The SMILES string of the molecule is Cc1nc(COc2ccccn2)sc1-c1ccnc(-c2cc(F)c3n[nH]nc3c2F)n1. The monoisotopic (exact) mass is 437 g/mol. The molecule has 0 aliphatic rings. The van der Waals surface area contributed by atoms with Crippen molar-refractivity contribution in [2.75, 3.05) is 0 Å². The van der Waals surface area contributed by atoms with Crippen molar-refractivity contribution in [1.29, 1.82) is 0 Å². The second-order valence-corrected chi connectivity index (χ2v) is 7.57. The van der Waals surface area contributed by atoms with Crippen LogP contribution >= 0.6 is 11.3 Å². The number of hydrogen-bond donors (Lipinski definition) is 1. The molecule has 1 aromatic carbocycles. The lowest BCUT2D eigenvalue weighted by atomic mass is 10.1.